The molecule has 14 heteroatoms. The highest BCUT2D eigenvalue weighted by molar-refractivity contribution is 7.07. The molecule has 0 N–H and O–H groups in total. The highest BCUT2D eigenvalue weighted by Crippen LogP contribution is 2.35. The van der Waals surface area contributed by atoms with E-state index in [9.17, 15) is 29.8 Å². The lowest BCUT2D eigenvalue weighted by molar-refractivity contribution is -0.394. The molecule has 3 aromatic carbocycles. The number of carbonyl (C=O) groups excluding carboxylic acids is 1. The summed E-state index contributed by atoms with van der Waals surface area (Å²) < 4.78 is 18.6. The highest BCUT2D eigenvalue weighted by atomic mass is 32.1. The number of thiazole rings is 1. The van der Waals surface area contributed by atoms with Gasteiger partial charge in [0.2, 0.25) is 5.75 Å². The van der Waals surface area contributed by atoms with E-state index in [1.54, 1.807) is 68.5 Å². The van der Waals surface area contributed by atoms with Crippen molar-refractivity contribution in [1.29, 1.82) is 0 Å². The number of benzene rings is 3. The number of fused-ring (bicyclic) bond motifs is 1. The molecule has 236 valence electrons. The smallest absolute Gasteiger partial charge is 0.338 e. The number of hydrogen-bond donors (Lipinski definition) is 0. The van der Waals surface area contributed by atoms with E-state index in [0.29, 0.717) is 31.9 Å². The molecule has 2 heterocycles. The number of allylic oxidation sites excluding steroid dienone is 1. The maximum Gasteiger partial charge on any atom is 0.338 e. The Kier molecular flexibility index (Phi) is 9.09. The van der Waals surface area contributed by atoms with Crippen molar-refractivity contribution in [3.8, 4) is 17.2 Å². The molecule has 0 radical (unpaired) electrons. The summed E-state index contributed by atoms with van der Waals surface area (Å²) in [6, 6.07) is 16.0. The molecule has 0 spiro atoms. The summed E-state index contributed by atoms with van der Waals surface area (Å²) >= 11 is 1.14. The van der Waals surface area contributed by atoms with Crippen molar-refractivity contribution < 1.29 is 28.9 Å². The summed E-state index contributed by atoms with van der Waals surface area (Å²) in [6.45, 7) is 7.38. The van der Waals surface area contributed by atoms with Gasteiger partial charge in [-0.1, -0.05) is 35.6 Å². The van der Waals surface area contributed by atoms with Gasteiger partial charge in [-0.3, -0.25) is 29.6 Å². The second-order valence-corrected chi connectivity index (χ2v) is 11.4. The van der Waals surface area contributed by atoms with Gasteiger partial charge in [-0.15, -0.1) is 0 Å². The van der Waals surface area contributed by atoms with Crippen LogP contribution in [0.2, 0.25) is 0 Å². The van der Waals surface area contributed by atoms with Gasteiger partial charge in [0.1, 0.15) is 11.5 Å². The molecule has 1 aliphatic heterocycles. The molecule has 1 aliphatic rings. The van der Waals surface area contributed by atoms with Crippen molar-refractivity contribution >= 4 is 34.8 Å². The molecule has 0 saturated heterocycles. The van der Waals surface area contributed by atoms with E-state index in [1.807, 2.05) is 13.8 Å². The van der Waals surface area contributed by atoms with Crippen LogP contribution in [0.15, 0.2) is 87.8 Å². The van der Waals surface area contributed by atoms with Crippen LogP contribution in [0.4, 0.5) is 11.4 Å². The number of nitro benzene ring substituents is 2. The van der Waals surface area contributed by atoms with Crippen LogP contribution >= 0.6 is 11.3 Å². The zero-order valence-electron chi connectivity index (χ0n) is 25.2. The van der Waals surface area contributed by atoms with Crippen molar-refractivity contribution in [3.05, 3.63) is 129 Å². The third kappa shape index (κ3) is 6.56. The minimum absolute atomic E-state index is 0.0334. The van der Waals surface area contributed by atoms with Crippen molar-refractivity contribution in [1.82, 2.24) is 4.57 Å². The van der Waals surface area contributed by atoms with Crippen LogP contribution in [-0.2, 0) is 9.53 Å². The Balaban J connectivity index is 1.56. The Labute approximate surface area is 265 Å². The second kappa shape index (κ2) is 13.2. The van der Waals surface area contributed by atoms with Crippen molar-refractivity contribution in [2.45, 2.75) is 39.8 Å². The third-order valence-electron chi connectivity index (χ3n) is 6.82. The fourth-order valence-electron chi connectivity index (χ4n) is 4.90. The average Bonchev–Trinajstić information content (AvgIpc) is 3.30. The van der Waals surface area contributed by atoms with Crippen molar-refractivity contribution in [3.63, 3.8) is 0 Å². The minimum Gasteiger partial charge on any atom is -0.491 e. The summed E-state index contributed by atoms with van der Waals surface area (Å²) in [6.07, 6.45) is 1.59. The quantitative estimate of drug-likeness (QED) is 0.128. The summed E-state index contributed by atoms with van der Waals surface area (Å²) in [4.78, 5) is 53.2. The molecule has 0 saturated carbocycles. The number of nitrogens with zero attached hydrogens (tertiary/aromatic N) is 4. The predicted octanol–water partition coefficient (Wildman–Crippen LogP) is 5.19. The van der Waals surface area contributed by atoms with Crippen LogP contribution in [0.1, 0.15) is 44.9 Å². The molecule has 1 aromatic heterocycles. The Bertz CT molecular complexity index is 2060. The lowest BCUT2D eigenvalue weighted by atomic mass is 9.96. The normalized spacial score (nSPS) is 14.5. The second-order valence-electron chi connectivity index (χ2n) is 10.4. The molecule has 5 rings (SSSR count). The van der Waals surface area contributed by atoms with Crippen molar-refractivity contribution in [2.24, 2.45) is 4.99 Å². The van der Waals surface area contributed by atoms with Gasteiger partial charge in [-0.05, 0) is 75.2 Å². The summed E-state index contributed by atoms with van der Waals surface area (Å²) in [5.41, 5.74) is 0.494. The van der Waals surface area contributed by atoms with Crippen LogP contribution in [0.3, 0.4) is 0 Å². The van der Waals surface area contributed by atoms with Gasteiger partial charge >= 0.3 is 11.7 Å². The molecule has 0 bridgehead atoms. The van der Waals surface area contributed by atoms with E-state index in [2.05, 4.69) is 4.99 Å². The summed E-state index contributed by atoms with van der Waals surface area (Å²) in [5.74, 6) is 0.0980. The van der Waals surface area contributed by atoms with E-state index in [1.165, 1.54) is 4.57 Å². The molecule has 0 amide bonds. The van der Waals surface area contributed by atoms with E-state index < -0.39 is 33.2 Å². The Morgan fingerprint density at radius 2 is 1.78 bits per heavy atom. The van der Waals surface area contributed by atoms with Crippen LogP contribution in [0.5, 0.6) is 17.2 Å². The van der Waals surface area contributed by atoms with Crippen LogP contribution in [-0.4, -0.2) is 33.1 Å². The SMILES string of the molecule is CCOC(=O)C1=C(C)N=c2s/c(=C/c3cccc(Oc4ccc([N+](=O)[O-])cc4[N+](=O)[O-])c3)c(=O)n2[C@@H]1c1ccc(OC(C)C)cc1. The van der Waals surface area contributed by atoms with Crippen molar-refractivity contribution in [2.75, 3.05) is 6.61 Å². The molecular weight excluding hydrogens is 616 g/mol. The van der Waals surface area contributed by atoms with Crippen LogP contribution in [0.25, 0.3) is 6.08 Å². The Hall–Kier alpha value is -5.63. The number of esters is 1. The van der Waals surface area contributed by atoms with E-state index in [-0.39, 0.29) is 35.3 Å². The first kappa shape index (κ1) is 31.8. The zero-order valence-corrected chi connectivity index (χ0v) is 26.0. The topological polar surface area (TPSA) is 165 Å². The number of aromatic nitrogens is 1. The molecule has 0 fully saturated rings. The van der Waals surface area contributed by atoms with Gasteiger partial charge in [0.15, 0.2) is 4.80 Å². The number of non-ortho nitro benzene ring substituents is 1. The molecule has 0 unspecified atom stereocenters. The summed E-state index contributed by atoms with van der Waals surface area (Å²) in [5, 5.41) is 22.6. The lowest BCUT2D eigenvalue weighted by Gasteiger charge is -2.25. The molecule has 1 atom stereocenters. The maximum atomic E-state index is 14.0. The number of ether oxygens (including phenoxy) is 3. The van der Waals surface area contributed by atoms with Gasteiger partial charge in [0, 0.05) is 6.07 Å². The van der Waals surface area contributed by atoms with Gasteiger partial charge in [-0.25, -0.2) is 9.79 Å². The standard InChI is InChI=1S/C32H28N4O9S/c1-5-43-31(38)28-19(4)33-32-34(29(28)21-9-12-23(13-10-21)44-18(2)3)30(37)27(46-32)16-20-7-6-8-24(15-20)45-26-14-11-22(35(39)40)17-25(26)36(41)42/h6-18,29H,5H2,1-4H3/b27-16+/t29-/m1/s1. The third-order valence-corrected chi connectivity index (χ3v) is 7.80. The van der Waals surface area contributed by atoms with Gasteiger partial charge in [0.25, 0.3) is 11.2 Å². The Morgan fingerprint density at radius 3 is 2.43 bits per heavy atom. The first-order chi connectivity index (χ1) is 22.0. The van der Waals surface area contributed by atoms with Gasteiger partial charge in [0.05, 0.1) is 50.5 Å². The van der Waals surface area contributed by atoms with Gasteiger partial charge in [-0.2, -0.15) is 0 Å². The number of rotatable bonds is 10. The number of carbonyl (C=O) groups is 1. The molecule has 13 nitrogen and oxygen atoms in total. The molecular formula is C32H28N4O9S. The fourth-order valence-corrected chi connectivity index (χ4v) is 5.95. The molecule has 4 aromatic rings. The van der Waals surface area contributed by atoms with E-state index >= 15 is 0 Å². The maximum absolute atomic E-state index is 14.0. The average molecular weight is 645 g/mol. The molecule has 46 heavy (non-hydrogen) atoms. The largest absolute Gasteiger partial charge is 0.491 e. The number of nitro groups is 2. The van der Waals surface area contributed by atoms with E-state index in [0.717, 1.165) is 29.5 Å². The predicted molar refractivity (Wildman–Crippen MR) is 169 cm³/mol. The summed E-state index contributed by atoms with van der Waals surface area (Å²) in [7, 11) is 0. The minimum atomic E-state index is -0.803. The first-order valence-electron chi connectivity index (χ1n) is 14.1. The Morgan fingerprint density at radius 1 is 1.04 bits per heavy atom. The first-order valence-corrected chi connectivity index (χ1v) is 15.0. The van der Waals surface area contributed by atoms with Gasteiger partial charge < -0.3 is 14.2 Å². The lowest BCUT2D eigenvalue weighted by Crippen LogP contribution is -2.39. The molecule has 0 aliphatic carbocycles. The zero-order chi connectivity index (χ0) is 33.1. The van der Waals surface area contributed by atoms with Crippen LogP contribution < -0.4 is 24.4 Å². The highest BCUT2D eigenvalue weighted by Gasteiger charge is 2.33. The van der Waals surface area contributed by atoms with Crippen LogP contribution in [0, 0.1) is 20.2 Å². The van der Waals surface area contributed by atoms with E-state index in [4.69, 9.17) is 14.2 Å². The number of hydrogen-bond acceptors (Lipinski definition) is 11. The monoisotopic (exact) mass is 644 g/mol. The fraction of sp³-hybridized carbons (Fsp3) is 0.219.